The molecule has 0 saturated carbocycles. The molecule has 0 aliphatic heterocycles. The standard InChI is InChI=1S/C15H26N2O5/c1-5-15(3,4)14(21)17-7-9-22-8-6-16-12(18)10-11(2)13(19)20/h2,5-10H2,1,3-4H3,(H,16,18)(H,17,21)(H,19,20). The molecule has 0 saturated heterocycles. The SMILES string of the molecule is C=C(CC(=O)NCCOCCNC(=O)C(C)(C)CC)C(=O)O. The molecule has 0 aromatic rings. The van der Waals surface area contributed by atoms with Gasteiger partial charge in [-0.2, -0.15) is 0 Å². The van der Waals surface area contributed by atoms with Crippen LogP contribution in [0.5, 0.6) is 0 Å². The van der Waals surface area contributed by atoms with E-state index in [9.17, 15) is 14.4 Å². The largest absolute Gasteiger partial charge is 0.478 e. The summed E-state index contributed by atoms with van der Waals surface area (Å²) < 4.78 is 5.26. The Hall–Kier alpha value is -1.89. The molecule has 0 aliphatic carbocycles. The molecule has 0 aliphatic rings. The minimum atomic E-state index is -1.18. The van der Waals surface area contributed by atoms with Gasteiger partial charge in [-0.25, -0.2) is 4.79 Å². The Balaban J connectivity index is 3.63. The number of carboxylic acids is 1. The number of carboxylic acid groups (broad SMARTS) is 1. The van der Waals surface area contributed by atoms with Gasteiger partial charge in [0.25, 0.3) is 0 Å². The minimum absolute atomic E-state index is 0.0147. The quantitative estimate of drug-likeness (QED) is 0.385. The molecule has 0 rings (SSSR count). The van der Waals surface area contributed by atoms with E-state index in [2.05, 4.69) is 17.2 Å². The van der Waals surface area contributed by atoms with E-state index in [1.807, 2.05) is 20.8 Å². The average Bonchev–Trinajstić information content (AvgIpc) is 2.45. The van der Waals surface area contributed by atoms with Crippen molar-refractivity contribution < 1.29 is 24.2 Å². The first-order valence-electron chi connectivity index (χ1n) is 7.24. The Morgan fingerprint density at radius 3 is 2.18 bits per heavy atom. The summed E-state index contributed by atoms with van der Waals surface area (Å²) in [6, 6.07) is 0. The molecule has 0 bridgehead atoms. The minimum Gasteiger partial charge on any atom is -0.478 e. The van der Waals surface area contributed by atoms with Crippen molar-refractivity contribution in [3.8, 4) is 0 Å². The van der Waals surface area contributed by atoms with E-state index in [0.29, 0.717) is 19.8 Å². The van der Waals surface area contributed by atoms with E-state index in [1.54, 1.807) is 0 Å². The zero-order valence-corrected chi connectivity index (χ0v) is 13.5. The number of nitrogens with one attached hydrogen (secondary N) is 2. The summed E-state index contributed by atoms with van der Waals surface area (Å²) in [7, 11) is 0. The fourth-order valence-corrected chi connectivity index (χ4v) is 1.33. The first kappa shape index (κ1) is 20.1. The van der Waals surface area contributed by atoms with Crippen LogP contribution in [0.2, 0.25) is 0 Å². The maximum atomic E-state index is 11.8. The van der Waals surface area contributed by atoms with Crippen LogP contribution >= 0.6 is 0 Å². The summed E-state index contributed by atoms with van der Waals surface area (Å²) in [6.45, 7) is 10.3. The van der Waals surface area contributed by atoms with E-state index in [-0.39, 0.29) is 29.9 Å². The lowest BCUT2D eigenvalue weighted by Gasteiger charge is -2.21. The summed E-state index contributed by atoms with van der Waals surface area (Å²) >= 11 is 0. The first-order chi connectivity index (χ1) is 10.2. The third-order valence-corrected chi connectivity index (χ3v) is 3.28. The van der Waals surface area contributed by atoms with Crippen molar-refractivity contribution in [3.63, 3.8) is 0 Å². The summed E-state index contributed by atoms with van der Waals surface area (Å²) in [5, 5.41) is 13.9. The van der Waals surface area contributed by atoms with Crippen molar-refractivity contribution in [1.82, 2.24) is 10.6 Å². The fraction of sp³-hybridized carbons (Fsp3) is 0.667. The van der Waals surface area contributed by atoms with Gasteiger partial charge in [-0.3, -0.25) is 9.59 Å². The Morgan fingerprint density at radius 1 is 1.14 bits per heavy atom. The molecule has 0 aromatic carbocycles. The molecule has 0 radical (unpaired) electrons. The van der Waals surface area contributed by atoms with Crippen molar-refractivity contribution >= 4 is 17.8 Å². The maximum absolute atomic E-state index is 11.8. The van der Waals surface area contributed by atoms with Crippen molar-refractivity contribution in [3.05, 3.63) is 12.2 Å². The number of hydrogen-bond acceptors (Lipinski definition) is 4. The van der Waals surface area contributed by atoms with Gasteiger partial charge in [-0.1, -0.05) is 27.4 Å². The van der Waals surface area contributed by atoms with Gasteiger partial charge < -0.3 is 20.5 Å². The summed E-state index contributed by atoms with van der Waals surface area (Å²) in [5.41, 5.74) is -0.541. The van der Waals surface area contributed by atoms with E-state index in [4.69, 9.17) is 9.84 Å². The zero-order chi connectivity index (χ0) is 17.2. The Bertz CT molecular complexity index is 418. The molecule has 2 amide bonds. The lowest BCUT2D eigenvalue weighted by molar-refractivity contribution is -0.134. The van der Waals surface area contributed by atoms with Crippen LogP contribution in [0.15, 0.2) is 12.2 Å². The van der Waals surface area contributed by atoms with Gasteiger partial charge in [0.2, 0.25) is 11.8 Å². The molecule has 0 aromatic heterocycles. The summed E-state index contributed by atoms with van der Waals surface area (Å²) in [6.07, 6.45) is 0.519. The van der Waals surface area contributed by atoms with Gasteiger partial charge >= 0.3 is 5.97 Å². The predicted molar refractivity (Wildman–Crippen MR) is 82.3 cm³/mol. The molecule has 126 valence electrons. The van der Waals surface area contributed by atoms with Crippen LogP contribution < -0.4 is 10.6 Å². The lowest BCUT2D eigenvalue weighted by atomic mass is 9.89. The van der Waals surface area contributed by atoms with E-state index >= 15 is 0 Å². The molecule has 0 atom stereocenters. The maximum Gasteiger partial charge on any atom is 0.331 e. The highest BCUT2D eigenvalue weighted by molar-refractivity contribution is 5.93. The first-order valence-corrected chi connectivity index (χ1v) is 7.24. The molecule has 0 spiro atoms. The fourth-order valence-electron chi connectivity index (χ4n) is 1.33. The number of hydrogen-bond donors (Lipinski definition) is 3. The van der Waals surface area contributed by atoms with Crippen LogP contribution in [-0.4, -0.2) is 49.2 Å². The predicted octanol–water partition coefficient (Wildman–Crippen LogP) is 0.703. The van der Waals surface area contributed by atoms with E-state index in [1.165, 1.54) is 0 Å². The van der Waals surface area contributed by atoms with Crippen molar-refractivity contribution in [2.24, 2.45) is 5.41 Å². The van der Waals surface area contributed by atoms with Crippen molar-refractivity contribution in [1.29, 1.82) is 0 Å². The highest BCUT2D eigenvalue weighted by Crippen LogP contribution is 2.18. The molecule has 7 heteroatoms. The van der Waals surface area contributed by atoms with Gasteiger partial charge in [-0.05, 0) is 6.42 Å². The van der Waals surface area contributed by atoms with Gasteiger partial charge in [0.15, 0.2) is 0 Å². The molecular formula is C15H26N2O5. The number of carbonyl (C=O) groups excluding carboxylic acids is 2. The molecule has 0 heterocycles. The highest BCUT2D eigenvalue weighted by Gasteiger charge is 2.24. The summed E-state index contributed by atoms with van der Waals surface area (Å²) in [4.78, 5) is 33.6. The Labute approximate surface area is 131 Å². The third-order valence-electron chi connectivity index (χ3n) is 3.28. The van der Waals surface area contributed by atoms with Gasteiger partial charge in [0, 0.05) is 24.1 Å². The van der Waals surface area contributed by atoms with E-state index < -0.39 is 11.9 Å². The van der Waals surface area contributed by atoms with Gasteiger partial charge in [-0.15, -0.1) is 0 Å². The molecule has 7 nitrogen and oxygen atoms in total. The molecular weight excluding hydrogens is 288 g/mol. The monoisotopic (exact) mass is 314 g/mol. The third kappa shape index (κ3) is 8.41. The molecule has 3 N–H and O–H groups in total. The van der Waals surface area contributed by atoms with Gasteiger partial charge in [0.05, 0.1) is 19.6 Å². The van der Waals surface area contributed by atoms with Gasteiger partial charge in [0.1, 0.15) is 0 Å². The number of aliphatic carboxylic acids is 1. The molecule has 22 heavy (non-hydrogen) atoms. The average molecular weight is 314 g/mol. The Kier molecular flexibility index (Phi) is 9.09. The van der Waals surface area contributed by atoms with Crippen molar-refractivity contribution in [2.45, 2.75) is 33.6 Å². The van der Waals surface area contributed by atoms with Crippen LogP contribution in [0, 0.1) is 5.41 Å². The topological polar surface area (TPSA) is 105 Å². The highest BCUT2D eigenvalue weighted by atomic mass is 16.5. The number of rotatable bonds is 11. The van der Waals surface area contributed by atoms with Crippen LogP contribution in [0.1, 0.15) is 33.6 Å². The zero-order valence-electron chi connectivity index (χ0n) is 13.5. The normalized spacial score (nSPS) is 10.9. The summed E-state index contributed by atoms with van der Waals surface area (Å²) in [5.74, 6) is -1.61. The number of carbonyl (C=O) groups is 3. The Morgan fingerprint density at radius 2 is 1.68 bits per heavy atom. The number of ether oxygens (including phenoxy) is 1. The van der Waals surface area contributed by atoms with Crippen LogP contribution in [0.4, 0.5) is 0 Å². The van der Waals surface area contributed by atoms with Crippen LogP contribution in [0.25, 0.3) is 0 Å². The lowest BCUT2D eigenvalue weighted by Crippen LogP contribution is -2.38. The number of amides is 2. The second-order valence-corrected chi connectivity index (χ2v) is 5.54. The second-order valence-electron chi connectivity index (χ2n) is 5.54. The van der Waals surface area contributed by atoms with Crippen LogP contribution in [0.3, 0.4) is 0 Å². The molecule has 0 unspecified atom stereocenters. The van der Waals surface area contributed by atoms with Crippen LogP contribution in [-0.2, 0) is 19.1 Å². The van der Waals surface area contributed by atoms with E-state index in [0.717, 1.165) is 6.42 Å². The smallest absolute Gasteiger partial charge is 0.331 e. The van der Waals surface area contributed by atoms with Crippen molar-refractivity contribution in [2.75, 3.05) is 26.3 Å². The second kappa shape index (κ2) is 9.94. The molecule has 0 fully saturated rings.